The number of ether oxygens (including phenoxy) is 5. The number of fused-ring (bicyclic) bond motifs is 2. The average molecular weight is 475 g/mol. The predicted molar refractivity (Wildman–Crippen MR) is 128 cm³/mol. The van der Waals surface area contributed by atoms with Crippen molar-refractivity contribution in [2.45, 2.75) is 6.61 Å². The molecule has 1 aliphatic heterocycles. The highest BCUT2D eigenvalue weighted by Gasteiger charge is 2.17. The molecule has 5 rings (SSSR count). The number of nitrogens with zero attached hydrogens (tertiary/aromatic N) is 2. The smallest absolute Gasteiger partial charge is 0.349 e. The Kier molecular flexibility index (Phi) is 5.84. The first kappa shape index (κ1) is 22.1. The quantitative estimate of drug-likeness (QED) is 0.409. The van der Waals surface area contributed by atoms with E-state index < -0.39 is 11.2 Å². The molecule has 1 N–H and O–H groups in total. The fourth-order valence-electron chi connectivity index (χ4n) is 3.69. The van der Waals surface area contributed by atoms with E-state index in [-0.39, 0.29) is 13.4 Å². The van der Waals surface area contributed by atoms with Crippen LogP contribution in [0.3, 0.4) is 0 Å². The van der Waals surface area contributed by atoms with Crippen LogP contribution in [0.1, 0.15) is 11.1 Å². The lowest BCUT2D eigenvalue weighted by molar-refractivity contribution is 0.174. The van der Waals surface area contributed by atoms with Crippen molar-refractivity contribution in [3.05, 3.63) is 86.6 Å². The lowest BCUT2D eigenvalue weighted by Crippen LogP contribution is -2.32. The van der Waals surface area contributed by atoms with Gasteiger partial charge >= 0.3 is 5.69 Å². The lowest BCUT2D eigenvalue weighted by Gasteiger charge is -2.15. The average Bonchev–Trinajstić information content (AvgIpc) is 3.35. The molecular weight excluding hydrogens is 454 g/mol. The number of aromatic nitrogens is 2. The Morgan fingerprint density at radius 1 is 1.00 bits per heavy atom. The van der Waals surface area contributed by atoms with E-state index in [4.69, 9.17) is 23.7 Å². The van der Waals surface area contributed by atoms with Crippen LogP contribution < -0.4 is 34.9 Å². The molecule has 0 spiro atoms. The zero-order valence-electron chi connectivity index (χ0n) is 18.9. The molecule has 0 unspecified atom stereocenters. The van der Waals surface area contributed by atoms with Gasteiger partial charge in [-0.2, -0.15) is 5.10 Å². The standard InChI is InChI=1S/C25H21N3O7/c1-31-21-10-16(12-26-28-24(29)17-5-3-4-6-18(17)27-25(28)30)11-22(32-2)23(21)33-13-15-7-8-19-20(9-15)35-14-34-19/h3-12H,13-14H2,1-2H3,(H,27,30). The summed E-state index contributed by atoms with van der Waals surface area (Å²) in [6.45, 7) is 0.431. The maximum Gasteiger partial charge on any atom is 0.349 e. The minimum absolute atomic E-state index is 0.196. The molecule has 178 valence electrons. The van der Waals surface area contributed by atoms with Crippen molar-refractivity contribution in [1.29, 1.82) is 0 Å². The summed E-state index contributed by atoms with van der Waals surface area (Å²) in [7, 11) is 3.00. The van der Waals surface area contributed by atoms with Crippen LogP contribution in [0.5, 0.6) is 28.7 Å². The summed E-state index contributed by atoms with van der Waals surface area (Å²) in [6, 6.07) is 15.6. The number of methoxy groups -OCH3 is 2. The molecule has 0 bridgehead atoms. The molecule has 0 fully saturated rings. The largest absolute Gasteiger partial charge is 0.493 e. The highest BCUT2D eigenvalue weighted by Crippen LogP contribution is 2.39. The molecule has 1 aromatic heterocycles. The van der Waals surface area contributed by atoms with E-state index in [1.54, 1.807) is 36.4 Å². The molecule has 0 saturated heterocycles. The van der Waals surface area contributed by atoms with Crippen LogP contribution in [0.4, 0.5) is 0 Å². The Morgan fingerprint density at radius 2 is 1.74 bits per heavy atom. The van der Waals surface area contributed by atoms with Crippen molar-refractivity contribution in [2.75, 3.05) is 21.0 Å². The van der Waals surface area contributed by atoms with Crippen molar-refractivity contribution in [1.82, 2.24) is 9.66 Å². The van der Waals surface area contributed by atoms with Gasteiger partial charge in [-0.3, -0.25) is 4.79 Å². The zero-order chi connectivity index (χ0) is 24.4. The summed E-state index contributed by atoms with van der Waals surface area (Å²) >= 11 is 0. The van der Waals surface area contributed by atoms with Gasteiger partial charge in [0, 0.05) is 5.56 Å². The SMILES string of the molecule is COc1cc(C=Nn2c(=O)[nH]c3ccccc3c2=O)cc(OC)c1OCc1ccc2c(c1)OCO2. The van der Waals surface area contributed by atoms with E-state index in [0.29, 0.717) is 45.2 Å². The summed E-state index contributed by atoms with van der Waals surface area (Å²) in [4.78, 5) is 27.7. The maximum atomic E-state index is 12.7. The van der Waals surface area contributed by atoms with Crippen molar-refractivity contribution in [2.24, 2.45) is 5.10 Å². The third kappa shape index (κ3) is 4.29. The fraction of sp³-hybridized carbons (Fsp3) is 0.160. The Hall–Kier alpha value is -4.73. The van der Waals surface area contributed by atoms with Gasteiger partial charge in [-0.15, -0.1) is 4.68 Å². The number of para-hydroxylation sites is 1. The third-order valence-electron chi connectivity index (χ3n) is 5.41. The van der Waals surface area contributed by atoms with Gasteiger partial charge in [-0.05, 0) is 42.0 Å². The van der Waals surface area contributed by atoms with Gasteiger partial charge < -0.3 is 28.7 Å². The normalized spacial score (nSPS) is 12.3. The molecule has 0 radical (unpaired) electrons. The monoisotopic (exact) mass is 475 g/mol. The second-order valence-electron chi connectivity index (χ2n) is 7.57. The summed E-state index contributed by atoms with van der Waals surface area (Å²) in [6.07, 6.45) is 1.37. The van der Waals surface area contributed by atoms with Crippen molar-refractivity contribution >= 4 is 17.1 Å². The maximum absolute atomic E-state index is 12.7. The van der Waals surface area contributed by atoms with Crippen molar-refractivity contribution in [3.8, 4) is 28.7 Å². The van der Waals surface area contributed by atoms with Gasteiger partial charge in [0.05, 0.1) is 31.3 Å². The first-order chi connectivity index (χ1) is 17.1. The summed E-state index contributed by atoms with van der Waals surface area (Å²) in [5, 5.41) is 4.44. The molecule has 3 aromatic carbocycles. The number of benzene rings is 3. The molecule has 0 amide bonds. The van der Waals surface area contributed by atoms with Crippen LogP contribution in [-0.4, -0.2) is 36.9 Å². The van der Waals surface area contributed by atoms with Crippen LogP contribution in [-0.2, 0) is 6.61 Å². The Bertz CT molecular complexity index is 1530. The van der Waals surface area contributed by atoms with E-state index in [0.717, 1.165) is 10.2 Å². The Balaban J connectivity index is 1.43. The molecule has 0 saturated carbocycles. The van der Waals surface area contributed by atoms with E-state index in [9.17, 15) is 9.59 Å². The number of hydrogen-bond acceptors (Lipinski definition) is 8. The van der Waals surface area contributed by atoms with Gasteiger partial charge in [0.2, 0.25) is 12.5 Å². The van der Waals surface area contributed by atoms with Gasteiger partial charge in [-0.25, -0.2) is 4.79 Å². The predicted octanol–water partition coefficient (Wildman–Crippen LogP) is 2.90. The summed E-state index contributed by atoms with van der Waals surface area (Å²) in [5.41, 5.74) is 0.685. The summed E-state index contributed by atoms with van der Waals surface area (Å²) in [5.74, 6) is 2.54. The van der Waals surface area contributed by atoms with E-state index in [1.165, 1.54) is 20.4 Å². The number of aromatic amines is 1. The molecule has 4 aromatic rings. The number of rotatable bonds is 7. The molecule has 10 heteroatoms. The molecular formula is C25H21N3O7. The number of nitrogens with one attached hydrogen (secondary N) is 1. The van der Waals surface area contributed by atoms with E-state index in [2.05, 4.69) is 10.1 Å². The Morgan fingerprint density at radius 3 is 2.51 bits per heavy atom. The van der Waals surface area contributed by atoms with Crippen molar-refractivity contribution < 1.29 is 23.7 Å². The molecule has 2 heterocycles. The van der Waals surface area contributed by atoms with Gasteiger partial charge in [-0.1, -0.05) is 18.2 Å². The first-order valence-corrected chi connectivity index (χ1v) is 10.6. The lowest BCUT2D eigenvalue weighted by atomic mass is 10.2. The first-order valence-electron chi connectivity index (χ1n) is 10.6. The second-order valence-corrected chi connectivity index (χ2v) is 7.57. The second kappa shape index (κ2) is 9.26. The molecule has 10 nitrogen and oxygen atoms in total. The van der Waals surface area contributed by atoms with Gasteiger partial charge in [0.15, 0.2) is 23.0 Å². The summed E-state index contributed by atoms with van der Waals surface area (Å²) < 4.78 is 28.5. The number of hydrogen-bond donors (Lipinski definition) is 1. The van der Waals surface area contributed by atoms with Gasteiger partial charge in [0.25, 0.3) is 5.56 Å². The fourth-order valence-corrected chi connectivity index (χ4v) is 3.69. The minimum Gasteiger partial charge on any atom is -0.493 e. The molecule has 0 aliphatic carbocycles. The van der Waals surface area contributed by atoms with E-state index >= 15 is 0 Å². The zero-order valence-corrected chi connectivity index (χ0v) is 18.9. The van der Waals surface area contributed by atoms with E-state index in [1.807, 2.05) is 18.2 Å². The van der Waals surface area contributed by atoms with Crippen molar-refractivity contribution in [3.63, 3.8) is 0 Å². The highest BCUT2D eigenvalue weighted by atomic mass is 16.7. The van der Waals surface area contributed by atoms with Crippen LogP contribution in [0.25, 0.3) is 10.9 Å². The minimum atomic E-state index is -0.646. The third-order valence-corrected chi connectivity index (χ3v) is 5.41. The molecule has 0 atom stereocenters. The molecule has 1 aliphatic rings. The van der Waals surface area contributed by atoms with Crippen LogP contribution in [0.2, 0.25) is 0 Å². The van der Waals surface area contributed by atoms with Gasteiger partial charge in [0.1, 0.15) is 6.61 Å². The highest BCUT2D eigenvalue weighted by molar-refractivity contribution is 5.82. The topological polar surface area (TPSA) is 113 Å². The van der Waals surface area contributed by atoms with Crippen LogP contribution in [0, 0.1) is 0 Å². The number of H-pyrrole nitrogens is 1. The van der Waals surface area contributed by atoms with Crippen LogP contribution >= 0.6 is 0 Å². The molecule has 35 heavy (non-hydrogen) atoms. The van der Waals surface area contributed by atoms with Crippen LogP contribution in [0.15, 0.2) is 69.3 Å². The Labute approximate surface area is 198 Å².